The van der Waals surface area contributed by atoms with Crippen molar-refractivity contribution in [2.75, 3.05) is 0 Å². The number of halogens is 1. The van der Waals surface area contributed by atoms with Crippen molar-refractivity contribution in [1.82, 2.24) is 0 Å². The molecule has 0 aliphatic rings. The van der Waals surface area contributed by atoms with Crippen molar-refractivity contribution in [2.24, 2.45) is 5.73 Å². The molecule has 0 saturated carbocycles. The molecule has 0 radical (unpaired) electrons. The predicted molar refractivity (Wildman–Crippen MR) is 73.8 cm³/mol. The van der Waals surface area contributed by atoms with E-state index in [2.05, 4.69) is 47.1 Å². The van der Waals surface area contributed by atoms with Crippen molar-refractivity contribution in [3.8, 4) is 0 Å². The van der Waals surface area contributed by atoms with Crippen LogP contribution in [0.25, 0.3) is 0 Å². The highest BCUT2D eigenvalue weighted by Gasteiger charge is 2.09. The van der Waals surface area contributed by atoms with Crippen molar-refractivity contribution in [1.29, 1.82) is 0 Å². The van der Waals surface area contributed by atoms with Crippen LogP contribution in [0.4, 0.5) is 0 Å². The molecule has 0 spiro atoms. The monoisotopic (exact) mass is 295 g/mol. The van der Waals surface area contributed by atoms with Gasteiger partial charge in [-0.1, -0.05) is 28.1 Å². The molecule has 1 heterocycles. The van der Waals surface area contributed by atoms with E-state index in [-0.39, 0.29) is 6.04 Å². The minimum atomic E-state index is 0.105. The Morgan fingerprint density at radius 2 is 2.12 bits per heavy atom. The van der Waals surface area contributed by atoms with E-state index >= 15 is 0 Å². The van der Waals surface area contributed by atoms with Gasteiger partial charge in [0.25, 0.3) is 0 Å². The quantitative estimate of drug-likeness (QED) is 0.908. The lowest BCUT2D eigenvalue weighted by Gasteiger charge is -2.09. The molecule has 3 heteroatoms. The lowest BCUT2D eigenvalue weighted by molar-refractivity contribution is 0.736. The van der Waals surface area contributed by atoms with Crippen LogP contribution in [-0.2, 0) is 6.42 Å². The summed E-state index contributed by atoms with van der Waals surface area (Å²) in [6, 6.07) is 12.7. The molecule has 0 bridgehead atoms. The molecular weight excluding hydrogens is 282 g/mol. The summed E-state index contributed by atoms with van der Waals surface area (Å²) < 4.78 is 1.11. The van der Waals surface area contributed by atoms with E-state index in [4.69, 9.17) is 5.73 Å². The maximum Gasteiger partial charge on any atom is 0.0430 e. The van der Waals surface area contributed by atoms with Crippen LogP contribution >= 0.6 is 27.3 Å². The summed E-state index contributed by atoms with van der Waals surface area (Å²) in [4.78, 5) is 2.58. The van der Waals surface area contributed by atoms with Crippen LogP contribution in [0.3, 0.4) is 0 Å². The Labute approximate surface area is 108 Å². The largest absolute Gasteiger partial charge is 0.323 e. The minimum absolute atomic E-state index is 0.105. The average molecular weight is 296 g/mol. The Morgan fingerprint density at radius 3 is 2.75 bits per heavy atom. The van der Waals surface area contributed by atoms with Gasteiger partial charge in [-0.25, -0.2) is 0 Å². The van der Waals surface area contributed by atoms with E-state index in [0.717, 1.165) is 10.9 Å². The second-order valence-electron chi connectivity index (χ2n) is 3.89. The summed E-state index contributed by atoms with van der Waals surface area (Å²) in [7, 11) is 0. The van der Waals surface area contributed by atoms with E-state index in [0.29, 0.717) is 0 Å². The summed E-state index contributed by atoms with van der Waals surface area (Å²) in [6.07, 6.45) is 0.888. The number of hydrogen-bond acceptors (Lipinski definition) is 2. The second-order valence-corrected chi connectivity index (χ2v) is 6.12. The van der Waals surface area contributed by atoms with E-state index in [9.17, 15) is 0 Å². The fraction of sp³-hybridized carbons (Fsp3) is 0.231. The molecule has 0 aliphatic carbocycles. The van der Waals surface area contributed by atoms with Crippen LogP contribution in [0.5, 0.6) is 0 Å². The molecule has 0 amide bonds. The highest BCUT2D eigenvalue weighted by Crippen LogP contribution is 2.24. The lowest BCUT2D eigenvalue weighted by Crippen LogP contribution is -2.11. The van der Waals surface area contributed by atoms with Crippen LogP contribution in [0.2, 0.25) is 0 Å². The normalized spacial score (nSPS) is 12.7. The molecule has 84 valence electrons. The van der Waals surface area contributed by atoms with Crippen molar-refractivity contribution >= 4 is 27.3 Å². The fourth-order valence-electron chi connectivity index (χ4n) is 1.67. The zero-order valence-electron chi connectivity index (χ0n) is 9.11. The molecule has 0 fully saturated rings. The fourth-order valence-corrected chi connectivity index (χ4v) is 3.00. The standard InChI is InChI=1S/C13H14BrNS/c1-9-5-6-13(16-9)12(15)8-10-3-2-4-11(14)7-10/h2-7,12H,8,15H2,1H3. The molecule has 0 aliphatic heterocycles. The smallest absolute Gasteiger partial charge is 0.0430 e. The predicted octanol–water partition coefficient (Wildman–Crippen LogP) is 4.06. The third-order valence-corrected chi connectivity index (χ3v) is 4.10. The van der Waals surface area contributed by atoms with Gasteiger partial charge in [0.05, 0.1) is 0 Å². The number of nitrogens with two attached hydrogens (primary N) is 1. The highest BCUT2D eigenvalue weighted by molar-refractivity contribution is 9.10. The first-order valence-corrected chi connectivity index (χ1v) is 6.82. The molecule has 16 heavy (non-hydrogen) atoms. The number of benzene rings is 1. The zero-order valence-corrected chi connectivity index (χ0v) is 11.5. The van der Waals surface area contributed by atoms with Gasteiger partial charge in [-0.2, -0.15) is 0 Å². The SMILES string of the molecule is Cc1ccc(C(N)Cc2cccc(Br)c2)s1. The lowest BCUT2D eigenvalue weighted by atomic mass is 10.1. The van der Waals surface area contributed by atoms with Gasteiger partial charge in [0.15, 0.2) is 0 Å². The summed E-state index contributed by atoms with van der Waals surface area (Å²) in [6.45, 7) is 2.11. The molecule has 1 unspecified atom stereocenters. The molecule has 0 saturated heterocycles. The van der Waals surface area contributed by atoms with E-state index < -0.39 is 0 Å². The maximum absolute atomic E-state index is 6.19. The highest BCUT2D eigenvalue weighted by atomic mass is 79.9. The van der Waals surface area contributed by atoms with Crippen molar-refractivity contribution in [3.05, 3.63) is 56.2 Å². The Balaban J connectivity index is 2.10. The maximum atomic E-state index is 6.19. The van der Waals surface area contributed by atoms with Gasteiger partial charge in [0.2, 0.25) is 0 Å². The van der Waals surface area contributed by atoms with Gasteiger partial charge in [-0.3, -0.25) is 0 Å². The molecule has 1 aromatic heterocycles. The molecular formula is C13H14BrNS. The summed E-state index contributed by atoms with van der Waals surface area (Å²) in [5.41, 5.74) is 7.46. The van der Waals surface area contributed by atoms with Crippen molar-refractivity contribution in [3.63, 3.8) is 0 Å². The van der Waals surface area contributed by atoms with E-state index in [1.54, 1.807) is 11.3 Å². The van der Waals surface area contributed by atoms with Gasteiger partial charge in [-0.05, 0) is 43.2 Å². The first-order valence-electron chi connectivity index (χ1n) is 5.21. The Morgan fingerprint density at radius 1 is 1.31 bits per heavy atom. The number of hydrogen-bond donors (Lipinski definition) is 1. The second kappa shape index (κ2) is 5.13. The summed E-state index contributed by atoms with van der Waals surface area (Å²) >= 11 is 5.26. The molecule has 2 N–H and O–H groups in total. The van der Waals surface area contributed by atoms with Gasteiger partial charge in [0.1, 0.15) is 0 Å². The summed E-state index contributed by atoms with van der Waals surface area (Å²) in [5.74, 6) is 0. The van der Waals surface area contributed by atoms with Gasteiger partial charge in [-0.15, -0.1) is 11.3 Å². The first-order chi connectivity index (χ1) is 7.65. The van der Waals surface area contributed by atoms with E-state index in [1.807, 2.05) is 12.1 Å². The van der Waals surface area contributed by atoms with Crippen LogP contribution in [0, 0.1) is 6.92 Å². The third kappa shape index (κ3) is 2.94. The third-order valence-electron chi connectivity index (χ3n) is 2.47. The van der Waals surface area contributed by atoms with Gasteiger partial charge >= 0.3 is 0 Å². The Hall–Kier alpha value is -0.640. The van der Waals surface area contributed by atoms with Gasteiger partial charge < -0.3 is 5.73 Å². The van der Waals surface area contributed by atoms with Crippen LogP contribution in [-0.4, -0.2) is 0 Å². The topological polar surface area (TPSA) is 26.0 Å². The first kappa shape index (κ1) is 11.8. The molecule has 1 atom stereocenters. The number of rotatable bonds is 3. The van der Waals surface area contributed by atoms with Crippen LogP contribution < -0.4 is 5.73 Å². The number of thiophene rings is 1. The molecule has 2 aromatic rings. The van der Waals surface area contributed by atoms with Crippen LogP contribution in [0.15, 0.2) is 40.9 Å². The van der Waals surface area contributed by atoms with Crippen molar-refractivity contribution < 1.29 is 0 Å². The average Bonchev–Trinajstić information content (AvgIpc) is 2.65. The van der Waals surface area contributed by atoms with Crippen LogP contribution in [0.1, 0.15) is 21.4 Å². The zero-order chi connectivity index (χ0) is 11.5. The molecule has 1 nitrogen and oxygen atoms in total. The molecule has 1 aromatic carbocycles. The minimum Gasteiger partial charge on any atom is -0.323 e. The Kier molecular flexibility index (Phi) is 3.79. The number of aryl methyl sites for hydroxylation is 1. The summed E-state index contributed by atoms with van der Waals surface area (Å²) in [5, 5.41) is 0. The Bertz CT molecular complexity index is 478. The van der Waals surface area contributed by atoms with E-state index in [1.165, 1.54) is 15.3 Å². The van der Waals surface area contributed by atoms with Gasteiger partial charge in [0, 0.05) is 20.3 Å². The molecule has 2 rings (SSSR count). The van der Waals surface area contributed by atoms with Crippen molar-refractivity contribution in [2.45, 2.75) is 19.4 Å².